The van der Waals surface area contributed by atoms with Crippen LogP contribution < -0.4 is 0 Å². The Kier molecular flexibility index (Phi) is 8.00. The monoisotopic (exact) mass is 415 g/mol. The van der Waals surface area contributed by atoms with Crippen LogP contribution in [0.5, 0.6) is 0 Å². The molecule has 0 saturated heterocycles. The van der Waals surface area contributed by atoms with E-state index in [1.165, 1.54) is 87.3 Å². The summed E-state index contributed by atoms with van der Waals surface area (Å²) in [4.78, 5) is 4.73. The van der Waals surface area contributed by atoms with Gasteiger partial charge in [0.15, 0.2) is 0 Å². The number of hydrogen-bond donors (Lipinski definition) is 0. The second-order valence-corrected chi connectivity index (χ2v) is 10.1. The smallest absolute Gasteiger partial charge is 0.0630 e. The van der Waals surface area contributed by atoms with Crippen molar-refractivity contribution in [2.75, 3.05) is 0 Å². The van der Waals surface area contributed by atoms with E-state index in [2.05, 4.69) is 68.6 Å². The van der Waals surface area contributed by atoms with E-state index in [0.29, 0.717) is 0 Å². The van der Waals surface area contributed by atoms with Gasteiger partial charge in [0.1, 0.15) is 0 Å². The van der Waals surface area contributed by atoms with Gasteiger partial charge in [0, 0.05) is 6.20 Å². The topological polar surface area (TPSA) is 12.9 Å². The second-order valence-electron chi connectivity index (χ2n) is 10.1. The molecular weight excluding hydrogens is 374 g/mol. The number of aromatic nitrogens is 1. The molecule has 4 rings (SSSR count). The summed E-state index contributed by atoms with van der Waals surface area (Å²) in [5.74, 6) is 3.42. The van der Waals surface area contributed by atoms with Crippen molar-refractivity contribution >= 4 is 12.2 Å². The van der Waals surface area contributed by atoms with Crippen LogP contribution in [0.15, 0.2) is 42.6 Å². The van der Waals surface area contributed by atoms with Crippen LogP contribution in [-0.4, -0.2) is 4.98 Å². The Morgan fingerprint density at radius 2 is 1.32 bits per heavy atom. The minimum atomic E-state index is 0.720. The number of pyridine rings is 1. The molecule has 1 heterocycles. The van der Waals surface area contributed by atoms with Crippen molar-refractivity contribution in [2.24, 2.45) is 11.8 Å². The van der Waals surface area contributed by atoms with Crippen LogP contribution in [0.1, 0.15) is 119 Å². The molecule has 2 fully saturated rings. The van der Waals surface area contributed by atoms with Crippen molar-refractivity contribution in [2.45, 2.75) is 96.3 Å². The zero-order valence-corrected chi connectivity index (χ0v) is 19.7. The molecule has 1 aromatic carbocycles. The van der Waals surface area contributed by atoms with Gasteiger partial charge >= 0.3 is 0 Å². The third-order valence-corrected chi connectivity index (χ3v) is 8.10. The normalized spacial score (nSPS) is 26.9. The molecule has 1 heteroatoms. The molecule has 2 saturated carbocycles. The summed E-state index contributed by atoms with van der Waals surface area (Å²) < 4.78 is 0. The summed E-state index contributed by atoms with van der Waals surface area (Å²) in [6.45, 7) is 4.65. The van der Waals surface area contributed by atoms with Crippen molar-refractivity contribution in [3.63, 3.8) is 0 Å². The summed E-state index contributed by atoms with van der Waals surface area (Å²) in [5.41, 5.74) is 5.30. The highest BCUT2D eigenvalue weighted by Gasteiger charge is 2.22. The summed E-state index contributed by atoms with van der Waals surface area (Å²) in [6, 6.07) is 13.8. The Balaban J connectivity index is 1.30. The minimum absolute atomic E-state index is 0.720. The molecule has 2 aliphatic carbocycles. The Hall–Kier alpha value is -1.89. The molecule has 0 amide bonds. The summed E-state index contributed by atoms with van der Waals surface area (Å²) >= 11 is 0. The number of nitrogens with zero attached hydrogens (tertiary/aromatic N) is 1. The van der Waals surface area contributed by atoms with E-state index < -0.39 is 0 Å². The van der Waals surface area contributed by atoms with Gasteiger partial charge < -0.3 is 0 Å². The molecule has 1 aromatic heterocycles. The SMILES string of the molecule is CCCC1CCC(c2ccc(/C=C/c3ccc(C4CCC(CC)CC4)cn3)cc2)CC1. The quantitative estimate of drug-likeness (QED) is 0.439. The first-order chi connectivity index (χ1) is 15.2. The first kappa shape index (κ1) is 22.3. The number of benzene rings is 1. The summed E-state index contributed by atoms with van der Waals surface area (Å²) in [6.07, 6.45) is 21.6. The van der Waals surface area contributed by atoms with Gasteiger partial charge in [-0.05, 0) is 104 Å². The van der Waals surface area contributed by atoms with Crippen LogP contribution in [0.25, 0.3) is 12.2 Å². The summed E-state index contributed by atoms with van der Waals surface area (Å²) in [7, 11) is 0. The zero-order chi connectivity index (χ0) is 21.5. The van der Waals surface area contributed by atoms with E-state index in [1.807, 2.05) is 0 Å². The Morgan fingerprint density at radius 1 is 0.710 bits per heavy atom. The molecule has 0 atom stereocenters. The van der Waals surface area contributed by atoms with Crippen LogP contribution in [-0.2, 0) is 0 Å². The average Bonchev–Trinajstić information content (AvgIpc) is 2.84. The lowest BCUT2D eigenvalue weighted by Gasteiger charge is -2.28. The highest BCUT2D eigenvalue weighted by molar-refractivity contribution is 5.68. The van der Waals surface area contributed by atoms with Crippen molar-refractivity contribution < 1.29 is 0 Å². The lowest BCUT2D eigenvalue weighted by Crippen LogP contribution is -2.13. The van der Waals surface area contributed by atoms with E-state index in [0.717, 1.165) is 29.4 Å². The van der Waals surface area contributed by atoms with E-state index in [4.69, 9.17) is 4.98 Å². The van der Waals surface area contributed by atoms with Crippen LogP contribution in [0.2, 0.25) is 0 Å². The van der Waals surface area contributed by atoms with Gasteiger partial charge in [-0.25, -0.2) is 0 Å². The first-order valence-electron chi connectivity index (χ1n) is 13.0. The Morgan fingerprint density at radius 3 is 1.90 bits per heavy atom. The van der Waals surface area contributed by atoms with E-state index in [-0.39, 0.29) is 0 Å². The third-order valence-electron chi connectivity index (χ3n) is 8.10. The van der Waals surface area contributed by atoms with E-state index in [9.17, 15) is 0 Å². The van der Waals surface area contributed by atoms with Crippen molar-refractivity contribution in [1.82, 2.24) is 4.98 Å². The number of hydrogen-bond acceptors (Lipinski definition) is 1. The largest absolute Gasteiger partial charge is 0.257 e. The fraction of sp³-hybridized carbons (Fsp3) is 0.567. The van der Waals surface area contributed by atoms with Gasteiger partial charge in [0.2, 0.25) is 0 Å². The van der Waals surface area contributed by atoms with Gasteiger partial charge in [0.05, 0.1) is 5.69 Å². The molecule has 2 aromatic rings. The maximum atomic E-state index is 4.73. The molecule has 0 spiro atoms. The molecule has 1 nitrogen and oxygen atoms in total. The fourth-order valence-corrected chi connectivity index (χ4v) is 5.91. The predicted molar refractivity (Wildman–Crippen MR) is 134 cm³/mol. The van der Waals surface area contributed by atoms with Gasteiger partial charge in [0.25, 0.3) is 0 Å². The van der Waals surface area contributed by atoms with Crippen molar-refractivity contribution in [3.8, 4) is 0 Å². The lowest BCUT2D eigenvalue weighted by atomic mass is 9.77. The first-order valence-corrected chi connectivity index (χ1v) is 13.0. The number of rotatable bonds is 7. The molecule has 0 bridgehead atoms. The van der Waals surface area contributed by atoms with E-state index in [1.54, 1.807) is 0 Å². The zero-order valence-electron chi connectivity index (χ0n) is 19.7. The van der Waals surface area contributed by atoms with Crippen molar-refractivity contribution in [3.05, 3.63) is 65.0 Å². The molecule has 2 aliphatic rings. The van der Waals surface area contributed by atoms with Gasteiger partial charge in [-0.1, -0.05) is 69.5 Å². The highest BCUT2D eigenvalue weighted by Crippen LogP contribution is 2.38. The van der Waals surface area contributed by atoms with Crippen molar-refractivity contribution in [1.29, 1.82) is 0 Å². The van der Waals surface area contributed by atoms with Crippen LogP contribution in [0.3, 0.4) is 0 Å². The maximum absolute atomic E-state index is 4.73. The molecule has 31 heavy (non-hydrogen) atoms. The maximum Gasteiger partial charge on any atom is 0.0630 e. The molecule has 0 aliphatic heterocycles. The predicted octanol–water partition coefficient (Wildman–Crippen LogP) is 9.01. The second kappa shape index (κ2) is 11.1. The third kappa shape index (κ3) is 6.09. The van der Waals surface area contributed by atoms with E-state index >= 15 is 0 Å². The standard InChI is InChI=1S/C30H41N/c1-3-5-24-8-15-26(16-9-24)27-17-10-25(11-18-27)12-20-30-21-19-29(22-31-30)28-13-6-23(4-2)7-14-28/h10-12,17-24,26,28H,3-9,13-16H2,1-2H3/b20-12+. The molecular formula is C30H41N. The van der Waals surface area contributed by atoms with Gasteiger partial charge in [-0.2, -0.15) is 0 Å². The molecule has 0 radical (unpaired) electrons. The molecule has 0 unspecified atom stereocenters. The van der Waals surface area contributed by atoms with Gasteiger partial charge in [-0.15, -0.1) is 0 Å². The van der Waals surface area contributed by atoms with Crippen LogP contribution in [0.4, 0.5) is 0 Å². The summed E-state index contributed by atoms with van der Waals surface area (Å²) in [5, 5.41) is 0. The van der Waals surface area contributed by atoms with Gasteiger partial charge in [-0.3, -0.25) is 4.98 Å². The van der Waals surface area contributed by atoms with Crippen LogP contribution in [0, 0.1) is 11.8 Å². The Labute approximate surface area is 190 Å². The lowest BCUT2D eigenvalue weighted by molar-refractivity contribution is 0.308. The Bertz CT molecular complexity index is 800. The highest BCUT2D eigenvalue weighted by atomic mass is 14.7. The fourth-order valence-electron chi connectivity index (χ4n) is 5.91. The molecule has 0 N–H and O–H groups in total. The minimum Gasteiger partial charge on any atom is -0.257 e. The van der Waals surface area contributed by atoms with Crippen LogP contribution >= 0.6 is 0 Å². The molecule has 166 valence electrons. The average molecular weight is 416 g/mol.